The number of benzene rings is 1. The van der Waals surface area contributed by atoms with Crippen molar-refractivity contribution in [3.8, 4) is 11.8 Å². The molecule has 1 heterocycles. The Morgan fingerprint density at radius 1 is 1.50 bits per heavy atom. The van der Waals surface area contributed by atoms with Gasteiger partial charge in [-0.25, -0.2) is 0 Å². The molecule has 0 radical (unpaired) electrons. The summed E-state index contributed by atoms with van der Waals surface area (Å²) in [4.78, 5) is 11.8. The van der Waals surface area contributed by atoms with Crippen molar-refractivity contribution in [1.29, 1.82) is 0 Å². The summed E-state index contributed by atoms with van der Waals surface area (Å²) in [6, 6.07) is 5.61. The van der Waals surface area contributed by atoms with Gasteiger partial charge in [0.1, 0.15) is 0 Å². The third kappa shape index (κ3) is 1.91. The molecule has 16 heavy (non-hydrogen) atoms. The highest BCUT2D eigenvalue weighted by molar-refractivity contribution is 6.34. The summed E-state index contributed by atoms with van der Waals surface area (Å²) in [6.45, 7) is 1.81. The Morgan fingerprint density at radius 3 is 3.06 bits per heavy atom. The van der Waals surface area contributed by atoms with E-state index >= 15 is 0 Å². The first-order valence-corrected chi connectivity index (χ1v) is 5.60. The average molecular weight is 234 g/mol. The maximum absolute atomic E-state index is 11.8. The Labute approximate surface area is 100.0 Å². The average Bonchev–Trinajstić information content (AvgIpc) is 2.58. The fourth-order valence-corrected chi connectivity index (χ4v) is 2.17. The molecule has 82 valence electrons. The molecule has 0 bridgehead atoms. The molecule has 0 aliphatic carbocycles. The second-order valence-electron chi connectivity index (χ2n) is 3.71. The molecule has 1 unspecified atom stereocenters. The molecule has 0 aromatic heterocycles. The highest BCUT2D eigenvalue weighted by Gasteiger charge is 2.30. The van der Waals surface area contributed by atoms with Gasteiger partial charge in [-0.15, -0.1) is 11.8 Å². The lowest BCUT2D eigenvalue weighted by Gasteiger charge is -2.05. The lowest BCUT2D eigenvalue weighted by atomic mass is 9.96. The lowest BCUT2D eigenvalue weighted by Crippen LogP contribution is -2.11. The zero-order valence-electron chi connectivity index (χ0n) is 9.01. The van der Waals surface area contributed by atoms with E-state index < -0.39 is 0 Å². The van der Waals surface area contributed by atoms with Gasteiger partial charge < -0.3 is 5.32 Å². The SMILES string of the molecule is CC#CCCC1C(=O)Nc2c(Cl)cccc21. The van der Waals surface area contributed by atoms with Crippen LogP contribution in [-0.4, -0.2) is 5.91 Å². The van der Waals surface area contributed by atoms with Crippen LogP contribution in [0.3, 0.4) is 0 Å². The number of nitrogens with one attached hydrogen (secondary N) is 1. The number of amides is 1. The van der Waals surface area contributed by atoms with E-state index in [-0.39, 0.29) is 11.8 Å². The van der Waals surface area contributed by atoms with Gasteiger partial charge in [-0.05, 0) is 25.0 Å². The van der Waals surface area contributed by atoms with E-state index in [1.807, 2.05) is 12.1 Å². The minimum absolute atomic E-state index is 0.0287. The van der Waals surface area contributed by atoms with Crippen LogP contribution in [0.25, 0.3) is 0 Å². The quantitative estimate of drug-likeness (QED) is 0.781. The Kier molecular flexibility index (Phi) is 3.17. The number of hydrogen-bond donors (Lipinski definition) is 1. The van der Waals surface area contributed by atoms with Crippen LogP contribution in [0, 0.1) is 11.8 Å². The van der Waals surface area contributed by atoms with Gasteiger partial charge in [0.05, 0.1) is 16.6 Å². The molecule has 1 amide bonds. The maximum atomic E-state index is 11.8. The van der Waals surface area contributed by atoms with Crippen LogP contribution >= 0.6 is 11.6 Å². The third-order valence-electron chi connectivity index (χ3n) is 2.72. The second-order valence-corrected chi connectivity index (χ2v) is 4.12. The van der Waals surface area contributed by atoms with E-state index in [0.29, 0.717) is 5.02 Å². The first-order valence-electron chi connectivity index (χ1n) is 5.23. The van der Waals surface area contributed by atoms with Gasteiger partial charge >= 0.3 is 0 Å². The minimum atomic E-state index is -0.102. The van der Waals surface area contributed by atoms with Gasteiger partial charge in [0, 0.05) is 6.42 Å². The maximum Gasteiger partial charge on any atom is 0.232 e. The van der Waals surface area contributed by atoms with Gasteiger partial charge in [0.15, 0.2) is 0 Å². The molecule has 1 aromatic rings. The molecule has 0 spiro atoms. The summed E-state index contributed by atoms with van der Waals surface area (Å²) in [7, 11) is 0. The Bertz CT molecular complexity index is 484. The van der Waals surface area contributed by atoms with Crippen LogP contribution in [0.15, 0.2) is 18.2 Å². The largest absolute Gasteiger partial charge is 0.324 e. The summed E-state index contributed by atoms with van der Waals surface area (Å²) < 4.78 is 0. The van der Waals surface area contributed by atoms with Gasteiger partial charge in [-0.2, -0.15) is 0 Å². The van der Waals surface area contributed by atoms with Gasteiger partial charge in [-0.1, -0.05) is 23.7 Å². The van der Waals surface area contributed by atoms with E-state index in [1.165, 1.54) is 0 Å². The van der Waals surface area contributed by atoms with Crippen LogP contribution in [0.4, 0.5) is 5.69 Å². The first-order chi connectivity index (χ1) is 7.74. The molecule has 0 saturated carbocycles. The van der Waals surface area contributed by atoms with Crippen molar-refractivity contribution in [1.82, 2.24) is 0 Å². The number of anilines is 1. The molecule has 2 nitrogen and oxygen atoms in total. The summed E-state index contributed by atoms with van der Waals surface area (Å²) in [5.41, 5.74) is 1.76. The molecule has 1 aliphatic rings. The minimum Gasteiger partial charge on any atom is -0.324 e. The molecule has 3 heteroatoms. The number of carbonyl (C=O) groups is 1. The predicted octanol–water partition coefficient (Wildman–Crippen LogP) is 3.18. The molecule has 1 N–H and O–H groups in total. The summed E-state index contributed by atoms with van der Waals surface area (Å²) in [6.07, 6.45) is 1.49. The Balaban J connectivity index is 2.25. The highest BCUT2D eigenvalue weighted by atomic mass is 35.5. The number of fused-ring (bicyclic) bond motifs is 1. The number of para-hydroxylation sites is 1. The van der Waals surface area contributed by atoms with Crippen molar-refractivity contribution in [2.24, 2.45) is 0 Å². The van der Waals surface area contributed by atoms with Crippen LogP contribution in [0.2, 0.25) is 5.02 Å². The first kappa shape index (κ1) is 11.0. The van der Waals surface area contributed by atoms with Crippen molar-refractivity contribution in [2.75, 3.05) is 5.32 Å². The van der Waals surface area contributed by atoms with Crippen molar-refractivity contribution in [3.05, 3.63) is 28.8 Å². The van der Waals surface area contributed by atoms with Crippen molar-refractivity contribution < 1.29 is 4.79 Å². The number of rotatable bonds is 2. The fraction of sp³-hybridized carbons (Fsp3) is 0.308. The molecule has 1 atom stereocenters. The van der Waals surface area contributed by atoms with Crippen LogP contribution in [0.1, 0.15) is 31.2 Å². The van der Waals surface area contributed by atoms with Crippen LogP contribution in [0.5, 0.6) is 0 Å². The van der Waals surface area contributed by atoms with Gasteiger partial charge in [0.25, 0.3) is 0 Å². The monoisotopic (exact) mass is 233 g/mol. The smallest absolute Gasteiger partial charge is 0.232 e. The lowest BCUT2D eigenvalue weighted by molar-refractivity contribution is -0.117. The van der Waals surface area contributed by atoms with E-state index in [2.05, 4.69) is 17.2 Å². The Morgan fingerprint density at radius 2 is 2.31 bits per heavy atom. The van der Waals surface area contributed by atoms with Crippen LogP contribution < -0.4 is 5.32 Å². The van der Waals surface area contributed by atoms with E-state index in [9.17, 15) is 4.79 Å². The van der Waals surface area contributed by atoms with Crippen molar-refractivity contribution in [2.45, 2.75) is 25.7 Å². The van der Waals surface area contributed by atoms with E-state index in [0.717, 1.165) is 24.1 Å². The number of carbonyl (C=O) groups excluding carboxylic acids is 1. The zero-order chi connectivity index (χ0) is 11.5. The third-order valence-corrected chi connectivity index (χ3v) is 3.04. The van der Waals surface area contributed by atoms with Crippen molar-refractivity contribution >= 4 is 23.2 Å². The van der Waals surface area contributed by atoms with Gasteiger partial charge in [-0.3, -0.25) is 4.79 Å². The fourth-order valence-electron chi connectivity index (χ4n) is 1.94. The molecular formula is C13H12ClNO. The summed E-state index contributed by atoms with van der Waals surface area (Å²) in [5.74, 6) is 5.74. The molecule has 1 aromatic carbocycles. The standard InChI is InChI=1S/C13H12ClNO/c1-2-3-4-6-10-9-7-5-8-11(14)12(9)15-13(10)16/h5,7-8,10H,4,6H2,1H3,(H,15,16). The molecule has 0 fully saturated rings. The molecular weight excluding hydrogens is 222 g/mol. The molecule has 1 aliphatic heterocycles. The second kappa shape index (κ2) is 4.59. The number of halogens is 1. The zero-order valence-corrected chi connectivity index (χ0v) is 9.77. The van der Waals surface area contributed by atoms with Gasteiger partial charge in [0.2, 0.25) is 5.91 Å². The normalized spacial score (nSPS) is 17.4. The predicted molar refractivity (Wildman–Crippen MR) is 65.5 cm³/mol. The van der Waals surface area contributed by atoms with E-state index in [4.69, 9.17) is 11.6 Å². The van der Waals surface area contributed by atoms with E-state index in [1.54, 1.807) is 13.0 Å². The summed E-state index contributed by atoms with van der Waals surface area (Å²) >= 11 is 6.02. The molecule has 0 saturated heterocycles. The highest BCUT2D eigenvalue weighted by Crippen LogP contribution is 2.39. The van der Waals surface area contributed by atoms with Crippen molar-refractivity contribution in [3.63, 3.8) is 0 Å². The van der Waals surface area contributed by atoms with Crippen LogP contribution in [-0.2, 0) is 4.79 Å². The topological polar surface area (TPSA) is 29.1 Å². The molecule has 2 rings (SSSR count). The number of hydrogen-bond acceptors (Lipinski definition) is 1. The summed E-state index contributed by atoms with van der Waals surface area (Å²) in [5, 5.41) is 3.43. The Hall–Kier alpha value is -1.46.